The number of hydrogen-bond donors (Lipinski definition) is 2. The van der Waals surface area contributed by atoms with Gasteiger partial charge in [-0.3, -0.25) is 9.59 Å². The van der Waals surface area contributed by atoms with Crippen LogP contribution in [0.15, 0.2) is 0 Å². The summed E-state index contributed by atoms with van der Waals surface area (Å²) < 4.78 is 0. The number of hydrogen-bond acceptors (Lipinski definition) is 3. The van der Waals surface area contributed by atoms with E-state index in [9.17, 15) is 9.59 Å². The average molecular weight is 267 g/mol. The Morgan fingerprint density at radius 2 is 1.58 bits per heavy atom. The first-order valence-corrected chi connectivity index (χ1v) is 7.34. The molecule has 0 aromatic rings. The van der Waals surface area contributed by atoms with Crippen LogP contribution in [0.1, 0.15) is 52.4 Å². The quantitative estimate of drug-likeness (QED) is 0.790. The molecule has 0 unspecified atom stereocenters. The van der Waals surface area contributed by atoms with Gasteiger partial charge in [0.25, 0.3) is 0 Å². The van der Waals surface area contributed by atoms with Gasteiger partial charge in [-0.2, -0.15) is 0 Å². The molecule has 2 rings (SSSR count). The lowest BCUT2D eigenvalue weighted by molar-refractivity contribution is -0.133. The molecule has 3 N–H and O–H groups in total. The molecule has 0 aromatic heterocycles. The summed E-state index contributed by atoms with van der Waals surface area (Å²) in [6.45, 7) is 3.37. The number of rotatable bonds is 4. The molecule has 5 heteroatoms. The van der Waals surface area contributed by atoms with E-state index in [1.165, 1.54) is 0 Å². The SMILES string of the molecule is CC(=O)N(C1CCC(NC(=O)[C@H](C)N)CC1)C1CC1. The van der Waals surface area contributed by atoms with Crippen molar-refractivity contribution in [2.24, 2.45) is 5.73 Å². The summed E-state index contributed by atoms with van der Waals surface area (Å²) >= 11 is 0. The molecule has 0 saturated heterocycles. The van der Waals surface area contributed by atoms with Crippen molar-refractivity contribution in [1.29, 1.82) is 0 Å². The van der Waals surface area contributed by atoms with Crippen molar-refractivity contribution < 1.29 is 9.59 Å². The van der Waals surface area contributed by atoms with E-state index >= 15 is 0 Å². The molecule has 5 nitrogen and oxygen atoms in total. The van der Waals surface area contributed by atoms with E-state index in [1.54, 1.807) is 13.8 Å². The fourth-order valence-corrected chi connectivity index (χ4v) is 3.00. The molecule has 1 atom stereocenters. The van der Waals surface area contributed by atoms with E-state index in [1.807, 2.05) is 0 Å². The van der Waals surface area contributed by atoms with E-state index in [0.29, 0.717) is 12.1 Å². The van der Waals surface area contributed by atoms with E-state index in [2.05, 4.69) is 10.2 Å². The first-order valence-electron chi connectivity index (χ1n) is 7.34. The van der Waals surface area contributed by atoms with Gasteiger partial charge in [0, 0.05) is 25.0 Å². The number of amides is 2. The maximum Gasteiger partial charge on any atom is 0.236 e. The van der Waals surface area contributed by atoms with E-state index < -0.39 is 6.04 Å². The zero-order valence-electron chi connectivity index (χ0n) is 11.9. The van der Waals surface area contributed by atoms with Gasteiger partial charge in [0.1, 0.15) is 0 Å². The van der Waals surface area contributed by atoms with Crippen LogP contribution in [0.3, 0.4) is 0 Å². The third-order valence-corrected chi connectivity index (χ3v) is 4.15. The van der Waals surface area contributed by atoms with E-state index in [-0.39, 0.29) is 17.9 Å². The van der Waals surface area contributed by atoms with Crippen LogP contribution in [-0.4, -0.2) is 40.9 Å². The fraction of sp³-hybridized carbons (Fsp3) is 0.857. The van der Waals surface area contributed by atoms with Gasteiger partial charge in [0.15, 0.2) is 0 Å². The van der Waals surface area contributed by atoms with Gasteiger partial charge in [-0.05, 0) is 45.4 Å². The number of nitrogens with one attached hydrogen (secondary N) is 1. The Morgan fingerprint density at radius 3 is 1.95 bits per heavy atom. The lowest BCUT2D eigenvalue weighted by Crippen LogP contribution is -2.49. The van der Waals surface area contributed by atoms with Crippen molar-refractivity contribution >= 4 is 11.8 Å². The third kappa shape index (κ3) is 3.69. The standard InChI is InChI=1S/C14H25N3O2/c1-9(15)14(19)16-11-3-5-12(6-4-11)17(10(2)18)13-7-8-13/h9,11-13H,3-8,15H2,1-2H3,(H,16,19)/t9-,11?,12?/m0/s1. The molecule has 2 fully saturated rings. The number of carbonyl (C=O) groups is 2. The smallest absolute Gasteiger partial charge is 0.236 e. The van der Waals surface area contributed by atoms with Gasteiger partial charge in [0.2, 0.25) is 11.8 Å². The van der Waals surface area contributed by atoms with Crippen LogP contribution in [0, 0.1) is 0 Å². The summed E-state index contributed by atoms with van der Waals surface area (Å²) in [4.78, 5) is 25.3. The van der Waals surface area contributed by atoms with Crippen LogP contribution in [0.2, 0.25) is 0 Å². The molecule has 2 aliphatic rings. The Hall–Kier alpha value is -1.10. The zero-order valence-corrected chi connectivity index (χ0v) is 11.9. The Morgan fingerprint density at radius 1 is 1.11 bits per heavy atom. The van der Waals surface area contributed by atoms with Crippen molar-refractivity contribution in [3.05, 3.63) is 0 Å². The fourth-order valence-electron chi connectivity index (χ4n) is 3.00. The topological polar surface area (TPSA) is 75.4 Å². The lowest BCUT2D eigenvalue weighted by Gasteiger charge is -2.37. The third-order valence-electron chi connectivity index (χ3n) is 4.15. The zero-order chi connectivity index (χ0) is 14.0. The lowest BCUT2D eigenvalue weighted by atomic mass is 9.89. The van der Waals surface area contributed by atoms with Crippen LogP contribution in [0.4, 0.5) is 0 Å². The van der Waals surface area contributed by atoms with Crippen LogP contribution in [-0.2, 0) is 9.59 Å². The highest BCUT2D eigenvalue weighted by Crippen LogP contribution is 2.33. The number of carbonyl (C=O) groups excluding carboxylic acids is 2. The second kappa shape index (κ2) is 5.90. The Labute approximate surface area is 114 Å². The molecule has 0 radical (unpaired) electrons. The van der Waals surface area contributed by atoms with E-state index in [4.69, 9.17) is 5.73 Å². The maximum atomic E-state index is 11.7. The second-order valence-corrected chi connectivity index (χ2v) is 5.96. The molecular weight excluding hydrogens is 242 g/mol. The summed E-state index contributed by atoms with van der Waals surface area (Å²) in [6.07, 6.45) is 6.17. The first-order chi connectivity index (χ1) is 8.99. The molecular formula is C14H25N3O2. The summed E-state index contributed by atoms with van der Waals surface area (Å²) in [5.74, 6) is 0.125. The van der Waals surface area contributed by atoms with Crippen molar-refractivity contribution in [1.82, 2.24) is 10.2 Å². The Bertz CT molecular complexity index is 345. The molecule has 19 heavy (non-hydrogen) atoms. The highest BCUT2D eigenvalue weighted by molar-refractivity contribution is 5.81. The summed E-state index contributed by atoms with van der Waals surface area (Å²) in [6, 6.07) is 0.631. The summed E-state index contributed by atoms with van der Waals surface area (Å²) in [5.41, 5.74) is 5.55. The second-order valence-electron chi connectivity index (χ2n) is 5.96. The molecule has 0 spiro atoms. The van der Waals surface area contributed by atoms with Crippen LogP contribution in [0.25, 0.3) is 0 Å². The molecule has 2 aliphatic carbocycles. The van der Waals surface area contributed by atoms with Gasteiger partial charge in [0.05, 0.1) is 6.04 Å². The van der Waals surface area contributed by atoms with E-state index in [0.717, 1.165) is 38.5 Å². The van der Waals surface area contributed by atoms with Crippen molar-refractivity contribution in [2.75, 3.05) is 0 Å². The minimum absolute atomic E-state index is 0.0749. The largest absolute Gasteiger partial charge is 0.352 e. The number of nitrogens with zero attached hydrogens (tertiary/aromatic N) is 1. The number of nitrogens with two attached hydrogens (primary N) is 1. The Kier molecular flexibility index (Phi) is 4.45. The molecule has 108 valence electrons. The minimum Gasteiger partial charge on any atom is -0.352 e. The molecule has 2 amide bonds. The normalized spacial score (nSPS) is 28.6. The average Bonchev–Trinajstić information content (AvgIpc) is 3.15. The highest BCUT2D eigenvalue weighted by Gasteiger charge is 2.37. The van der Waals surface area contributed by atoms with Crippen molar-refractivity contribution in [3.8, 4) is 0 Å². The van der Waals surface area contributed by atoms with Crippen molar-refractivity contribution in [3.63, 3.8) is 0 Å². The summed E-state index contributed by atoms with van der Waals surface area (Å²) in [5, 5.41) is 2.98. The predicted molar refractivity (Wildman–Crippen MR) is 73.4 cm³/mol. The van der Waals surface area contributed by atoms with Crippen LogP contribution in [0.5, 0.6) is 0 Å². The van der Waals surface area contributed by atoms with Crippen LogP contribution >= 0.6 is 0 Å². The van der Waals surface area contributed by atoms with Gasteiger partial charge in [-0.25, -0.2) is 0 Å². The molecule has 0 bridgehead atoms. The monoisotopic (exact) mass is 267 g/mol. The maximum absolute atomic E-state index is 11.7. The molecule has 0 aliphatic heterocycles. The highest BCUT2D eigenvalue weighted by atomic mass is 16.2. The Balaban J connectivity index is 1.81. The molecule has 0 heterocycles. The van der Waals surface area contributed by atoms with Crippen LogP contribution < -0.4 is 11.1 Å². The molecule has 0 aromatic carbocycles. The first kappa shape index (κ1) is 14.3. The van der Waals surface area contributed by atoms with Gasteiger partial charge < -0.3 is 16.0 Å². The summed E-state index contributed by atoms with van der Waals surface area (Å²) in [7, 11) is 0. The van der Waals surface area contributed by atoms with Gasteiger partial charge >= 0.3 is 0 Å². The molecule has 2 saturated carbocycles. The van der Waals surface area contributed by atoms with Crippen molar-refractivity contribution in [2.45, 2.75) is 76.5 Å². The minimum atomic E-state index is -0.446. The van der Waals surface area contributed by atoms with Gasteiger partial charge in [-0.1, -0.05) is 0 Å². The van der Waals surface area contributed by atoms with Gasteiger partial charge in [-0.15, -0.1) is 0 Å². The predicted octanol–water partition coefficient (Wildman–Crippen LogP) is 0.772.